The van der Waals surface area contributed by atoms with E-state index in [0.29, 0.717) is 0 Å². The number of hydrogen-bond acceptors (Lipinski definition) is 3. The van der Waals surface area contributed by atoms with Gasteiger partial charge in [0.2, 0.25) is 0 Å². The minimum atomic E-state index is -3.03. The van der Waals surface area contributed by atoms with E-state index < -0.39 is 8.07 Å². The van der Waals surface area contributed by atoms with Crippen molar-refractivity contribution in [1.29, 1.82) is 0 Å². The molecule has 1 atom stereocenters. The Balaban J connectivity index is 2.38. The average molecular weight is 513 g/mol. The molecule has 0 heterocycles. The molecule has 0 aromatic heterocycles. The lowest BCUT2D eigenvalue weighted by molar-refractivity contribution is 0.412. The Hall–Kier alpha value is -3.24. The van der Waals surface area contributed by atoms with Crippen LogP contribution < -0.4 is 29.8 Å². The van der Waals surface area contributed by atoms with E-state index in [1.54, 1.807) is 21.3 Å². The second-order valence-electron chi connectivity index (χ2n) is 10.3. The third-order valence-electron chi connectivity index (χ3n) is 8.50. The summed E-state index contributed by atoms with van der Waals surface area (Å²) in [5.74, 6) is 3.09. The number of allylic oxidation sites excluding steroid dienone is 4. The Morgan fingerprint density at radius 2 is 0.892 bits per heavy atom. The van der Waals surface area contributed by atoms with Crippen LogP contribution in [0.15, 0.2) is 76.5 Å². The minimum absolute atomic E-state index is 0.271. The van der Waals surface area contributed by atoms with E-state index in [0.717, 1.165) is 33.9 Å². The summed E-state index contributed by atoms with van der Waals surface area (Å²) in [7, 11) is 2.35. The van der Waals surface area contributed by atoms with Crippen LogP contribution in [0, 0.1) is 26.7 Å². The molecule has 0 fully saturated rings. The lowest BCUT2D eigenvalue weighted by atomic mass is 10.1. The third kappa shape index (κ3) is 3.93. The fourth-order valence-electron chi connectivity index (χ4n) is 6.50. The van der Waals surface area contributed by atoms with Crippen LogP contribution in [-0.2, 0) is 0 Å². The van der Waals surface area contributed by atoms with Crippen molar-refractivity contribution in [2.45, 2.75) is 48.5 Å². The van der Waals surface area contributed by atoms with Crippen LogP contribution in [-0.4, -0.2) is 29.4 Å². The first-order valence-corrected chi connectivity index (χ1v) is 15.0. The van der Waals surface area contributed by atoms with Crippen LogP contribution in [0.1, 0.15) is 44.4 Å². The number of para-hydroxylation sites is 3. The molecule has 194 valence electrons. The van der Waals surface area contributed by atoms with Gasteiger partial charge in [0.05, 0.1) is 21.3 Å². The van der Waals surface area contributed by atoms with E-state index in [1.165, 1.54) is 37.5 Å². The van der Waals surface area contributed by atoms with Gasteiger partial charge in [-0.05, 0) is 85.3 Å². The number of methoxy groups -OCH3 is 3. The highest BCUT2D eigenvalue weighted by Gasteiger charge is 2.52. The number of ether oxygens (including phenoxy) is 3. The lowest BCUT2D eigenvalue weighted by Crippen LogP contribution is -2.70. The zero-order valence-corrected chi connectivity index (χ0v) is 25.0. The van der Waals surface area contributed by atoms with Gasteiger partial charge in [-0.1, -0.05) is 77.9 Å². The molecule has 3 aromatic carbocycles. The Morgan fingerprint density at radius 3 is 1.16 bits per heavy atom. The zero-order valence-electron chi connectivity index (χ0n) is 24.0. The van der Waals surface area contributed by atoms with Crippen molar-refractivity contribution in [2.75, 3.05) is 21.3 Å². The molecule has 4 rings (SSSR count). The van der Waals surface area contributed by atoms with Crippen molar-refractivity contribution in [3.63, 3.8) is 0 Å². The normalized spacial score (nSPS) is 15.9. The van der Waals surface area contributed by atoms with Crippen LogP contribution in [0.4, 0.5) is 0 Å². The molecular formula is C33H40O3Si. The first-order chi connectivity index (χ1) is 17.7. The van der Waals surface area contributed by atoms with Crippen molar-refractivity contribution in [3.8, 4) is 17.2 Å². The quantitative estimate of drug-likeness (QED) is 0.289. The predicted octanol–water partition coefficient (Wildman–Crippen LogP) is 5.95. The molecule has 0 bridgehead atoms. The Morgan fingerprint density at radius 1 is 0.541 bits per heavy atom. The van der Waals surface area contributed by atoms with E-state index in [9.17, 15) is 0 Å². The number of aryl methyl sites for hydroxylation is 3. The summed E-state index contributed by atoms with van der Waals surface area (Å²) in [6.45, 7) is 15.6. The van der Waals surface area contributed by atoms with Crippen molar-refractivity contribution in [3.05, 3.63) is 93.2 Å². The molecule has 1 aliphatic carbocycles. The largest absolute Gasteiger partial charge is 0.497 e. The monoisotopic (exact) mass is 512 g/mol. The van der Waals surface area contributed by atoms with Gasteiger partial charge in [0.25, 0.3) is 0 Å². The molecule has 4 heteroatoms. The van der Waals surface area contributed by atoms with Crippen LogP contribution >= 0.6 is 0 Å². The summed E-state index contributed by atoms with van der Waals surface area (Å²) >= 11 is 0. The average Bonchev–Trinajstić information content (AvgIpc) is 3.08. The van der Waals surface area contributed by atoms with Gasteiger partial charge in [-0.15, -0.1) is 0 Å². The maximum absolute atomic E-state index is 6.23. The number of rotatable bonds is 7. The molecule has 3 aromatic rings. The summed E-state index contributed by atoms with van der Waals surface area (Å²) in [5, 5.41) is 5.16. The summed E-state index contributed by atoms with van der Waals surface area (Å²) in [6.07, 6.45) is 0. The zero-order chi connectivity index (χ0) is 27.1. The van der Waals surface area contributed by atoms with Gasteiger partial charge in [-0.25, -0.2) is 0 Å². The molecule has 0 N–H and O–H groups in total. The highest BCUT2D eigenvalue weighted by Crippen LogP contribution is 2.44. The summed E-state index contributed by atoms with van der Waals surface area (Å²) in [6, 6.07) is 19.7. The van der Waals surface area contributed by atoms with E-state index in [1.807, 2.05) is 0 Å². The van der Waals surface area contributed by atoms with Crippen LogP contribution in [0.5, 0.6) is 17.2 Å². The molecule has 0 saturated carbocycles. The highest BCUT2D eigenvalue weighted by atomic mass is 28.3. The summed E-state index contributed by atoms with van der Waals surface area (Å²) in [5.41, 5.74) is 7.55. The van der Waals surface area contributed by atoms with E-state index >= 15 is 0 Å². The standard InChI is InChI=1S/C33H40O3Si/c1-20-14-11-17-27(30(20)34-8)37(28-18-12-15-21(2)31(28)35-9,29-19-13-16-22(3)32(29)36-10)33-25(6)23(4)24(5)26(33)7/h11-19,25H,1-10H3. The minimum Gasteiger partial charge on any atom is -0.497 e. The van der Waals surface area contributed by atoms with Gasteiger partial charge >= 0.3 is 0 Å². The van der Waals surface area contributed by atoms with Crippen LogP contribution in [0.25, 0.3) is 0 Å². The molecule has 0 spiro atoms. The molecule has 0 radical (unpaired) electrons. The number of benzene rings is 3. The van der Waals surface area contributed by atoms with Gasteiger partial charge in [-0.3, -0.25) is 0 Å². The highest BCUT2D eigenvalue weighted by molar-refractivity contribution is 7.17. The van der Waals surface area contributed by atoms with Gasteiger partial charge in [0.15, 0.2) is 8.07 Å². The fourth-order valence-corrected chi connectivity index (χ4v) is 12.8. The Kier molecular flexibility index (Phi) is 7.43. The molecule has 1 aliphatic rings. The molecule has 1 unspecified atom stereocenters. The third-order valence-corrected chi connectivity index (χ3v) is 13.7. The second-order valence-corrected chi connectivity index (χ2v) is 13.9. The van der Waals surface area contributed by atoms with Gasteiger partial charge in [-0.2, -0.15) is 0 Å². The first kappa shape index (κ1) is 26.8. The van der Waals surface area contributed by atoms with Crippen molar-refractivity contribution in [2.24, 2.45) is 5.92 Å². The van der Waals surface area contributed by atoms with Gasteiger partial charge in [0.1, 0.15) is 17.2 Å². The van der Waals surface area contributed by atoms with Crippen LogP contribution in [0.3, 0.4) is 0 Å². The molecular weight excluding hydrogens is 472 g/mol. The Labute approximate surface area is 223 Å². The van der Waals surface area contributed by atoms with E-state index in [-0.39, 0.29) is 5.92 Å². The van der Waals surface area contributed by atoms with Crippen molar-refractivity contribution in [1.82, 2.24) is 0 Å². The maximum Gasteiger partial charge on any atom is 0.189 e. The smallest absolute Gasteiger partial charge is 0.189 e. The van der Waals surface area contributed by atoms with Gasteiger partial charge < -0.3 is 14.2 Å². The first-order valence-electron chi connectivity index (χ1n) is 13.0. The molecule has 0 saturated heterocycles. The molecule has 0 amide bonds. The topological polar surface area (TPSA) is 27.7 Å². The van der Waals surface area contributed by atoms with Crippen LogP contribution in [0.2, 0.25) is 0 Å². The van der Waals surface area contributed by atoms with Crippen molar-refractivity contribution < 1.29 is 14.2 Å². The molecule has 3 nitrogen and oxygen atoms in total. The summed E-state index contributed by atoms with van der Waals surface area (Å²) in [4.78, 5) is 0. The number of hydrogen-bond donors (Lipinski definition) is 0. The fraction of sp³-hybridized carbons (Fsp3) is 0.333. The predicted molar refractivity (Wildman–Crippen MR) is 158 cm³/mol. The maximum atomic E-state index is 6.23. The van der Waals surface area contributed by atoms with Gasteiger partial charge in [0, 0.05) is 0 Å². The van der Waals surface area contributed by atoms with E-state index in [2.05, 4.69) is 103 Å². The molecule has 37 heavy (non-hydrogen) atoms. The lowest BCUT2D eigenvalue weighted by Gasteiger charge is -2.41. The summed E-state index contributed by atoms with van der Waals surface area (Å²) < 4.78 is 18.7. The van der Waals surface area contributed by atoms with Crippen molar-refractivity contribution >= 4 is 23.6 Å². The SMILES string of the molecule is COc1c(C)cccc1[Si](C1=C(C)C(C)=C(C)C1C)(c1cccc(C)c1OC)c1cccc(C)c1OC. The van der Waals surface area contributed by atoms with E-state index in [4.69, 9.17) is 14.2 Å². The Bertz CT molecular complexity index is 1280. The molecule has 0 aliphatic heterocycles. The second kappa shape index (κ2) is 10.3.